The van der Waals surface area contributed by atoms with Crippen molar-refractivity contribution in [2.75, 3.05) is 24.6 Å². The number of fused-ring (bicyclic) bond motifs is 6. The van der Waals surface area contributed by atoms with Gasteiger partial charge in [-0.3, -0.25) is 23.7 Å². The molecule has 0 fully saturated rings. The first kappa shape index (κ1) is 83.6. The van der Waals surface area contributed by atoms with Gasteiger partial charge in [-0.05, 0) is 134 Å². The summed E-state index contributed by atoms with van der Waals surface area (Å²) in [6.07, 6.45) is 37.3. The first-order valence-corrected chi connectivity index (χ1v) is 42.1. The van der Waals surface area contributed by atoms with Gasteiger partial charge in [0.1, 0.15) is 12.3 Å². The topological polar surface area (TPSA) is 9.86 Å². The van der Waals surface area contributed by atoms with Crippen molar-refractivity contribution in [2.24, 2.45) is 0 Å². The van der Waals surface area contributed by atoms with Crippen LogP contribution in [0.15, 0.2) is 376 Å². The number of aromatic nitrogens is 2. The van der Waals surface area contributed by atoms with Gasteiger partial charge in [-0.15, -0.1) is 70.8 Å². The zero-order chi connectivity index (χ0) is 71.1. The van der Waals surface area contributed by atoms with Crippen LogP contribution in [0, 0.1) is 49.4 Å². The Bertz CT molecular complexity index is 4960. The zero-order valence-electron chi connectivity index (χ0n) is 59.1. The Labute approximate surface area is 705 Å². The molecule has 10 heteroatoms. The minimum atomic E-state index is -0.783. The average molecular weight is 2200 g/mol. The van der Waals surface area contributed by atoms with Gasteiger partial charge in [0, 0.05) is 55.0 Å². The van der Waals surface area contributed by atoms with Crippen molar-refractivity contribution in [1.29, 1.82) is 0 Å². The molecule has 14 aromatic carbocycles. The van der Waals surface area contributed by atoms with Gasteiger partial charge in [-0.25, -0.2) is 0 Å². The maximum absolute atomic E-state index is 7.40. The largest absolute Gasteiger partial charge is 1.00 e. The van der Waals surface area contributed by atoms with E-state index in [2.05, 4.69) is 300 Å². The van der Waals surface area contributed by atoms with Crippen molar-refractivity contribution in [1.82, 2.24) is 9.13 Å². The van der Waals surface area contributed by atoms with E-state index in [0.29, 0.717) is 0 Å². The summed E-state index contributed by atoms with van der Waals surface area (Å²) in [5.74, 6) is 9.84. The summed E-state index contributed by atoms with van der Waals surface area (Å²) in [4.78, 5) is 0. The van der Waals surface area contributed by atoms with Gasteiger partial charge < -0.3 is 34.8 Å². The standard InChI is InChI=1S/C28H28P2.C26H24P2.2C22H11N.4Au/c1-5-15-25(16-6-1)29(26-17-7-2-8-18-26)23-13-14-24-30(27-19-9-3-10-20-27)28-21-11-4-12-22-28;1-5-13-23(14-6-1)27(24-15-7-2-8-16-24)21-22-28(25-17-9-3-10-18-25)26-19-11-4-12-20-26;2*1-3-16-10-12-19-20-13-11-17(4-2)15-22(20)23(21(19)14-16)18-8-6-5-7-9-18;;;;/h1-12,15-22H,13-14,23-24H2;1-20H,21-22H2;2*5-15H;;;;/q;;2*-2;4*+1/p+4. The average Bonchev–Trinajstić information content (AvgIpc) is 1.60. The number of benzene rings is 14. The number of nitrogens with zero attached hydrogens (tertiary/aromatic N) is 2. The molecule has 0 atom stereocenters. The molecule has 2 nitrogen and oxygen atoms in total. The Hall–Kier alpha value is -8.40. The summed E-state index contributed by atoms with van der Waals surface area (Å²) < 4.78 is 4.32. The molecule has 540 valence electrons. The molecule has 0 saturated heterocycles. The Morgan fingerprint density at radius 3 is 0.546 bits per heavy atom. The molecule has 16 rings (SSSR count). The predicted molar refractivity (Wildman–Crippen MR) is 457 cm³/mol. The fraction of sp³-hybridized carbons (Fsp3) is 0.0612. The second-order valence-corrected chi connectivity index (χ2v) is 35.8. The van der Waals surface area contributed by atoms with Gasteiger partial charge in [0.25, 0.3) is 0 Å². The molecule has 108 heavy (non-hydrogen) atoms. The Kier molecular flexibility index (Phi) is 33.4. The molecular formula is C98H78Au4N2P4+4. The molecule has 0 spiro atoms. The van der Waals surface area contributed by atoms with E-state index in [1.807, 2.05) is 109 Å². The van der Waals surface area contributed by atoms with Crippen molar-refractivity contribution in [2.45, 2.75) is 12.8 Å². The first-order chi connectivity index (χ1) is 51.5. The molecule has 0 N–H and O–H groups in total. The van der Waals surface area contributed by atoms with Crippen LogP contribution in [0.3, 0.4) is 0 Å². The summed E-state index contributed by atoms with van der Waals surface area (Å²) in [6.45, 7) is 0. The van der Waals surface area contributed by atoms with Crippen LogP contribution in [0.25, 0.3) is 55.0 Å². The number of rotatable bonds is 18. The number of hydrogen-bond donors (Lipinski definition) is 0. The third kappa shape index (κ3) is 21.1. The predicted octanol–water partition coefficient (Wildman–Crippen LogP) is 19.5. The second-order valence-electron chi connectivity index (χ2n) is 25.3. The van der Waals surface area contributed by atoms with Gasteiger partial charge in [0.15, 0.2) is 0 Å². The second kappa shape index (κ2) is 43.1. The summed E-state index contributed by atoms with van der Waals surface area (Å²) in [7, 11) is -3.00. The van der Waals surface area contributed by atoms with E-state index in [-0.39, 0.29) is 89.5 Å². The Balaban J connectivity index is 0.000000165. The summed E-state index contributed by atoms with van der Waals surface area (Å²) in [6, 6.07) is 133. The quantitative estimate of drug-likeness (QED) is 0.0266. The third-order valence-corrected chi connectivity index (χ3v) is 30.8. The van der Waals surface area contributed by atoms with Crippen LogP contribution in [0.2, 0.25) is 0 Å². The van der Waals surface area contributed by atoms with Crippen LogP contribution < -0.4 is 42.4 Å². The van der Waals surface area contributed by atoms with Crippen LogP contribution in [0.4, 0.5) is 0 Å². The van der Waals surface area contributed by atoms with E-state index in [4.69, 9.17) is 25.7 Å². The van der Waals surface area contributed by atoms with E-state index in [9.17, 15) is 0 Å². The fourth-order valence-corrected chi connectivity index (χ4v) is 25.5. The maximum Gasteiger partial charge on any atom is 1.00 e. The van der Waals surface area contributed by atoms with Crippen LogP contribution in [-0.2, 0) is 89.5 Å². The smallest absolute Gasteiger partial charge is 0.366 e. The third-order valence-electron chi connectivity index (χ3n) is 18.8. The van der Waals surface area contributed by atoms with Crippen molar-refractivity contribution in [3.05, 3.63) is 424 Å². The maximum atomic E-state index is 7.40. The van der Waals surface area contributed by atoms with E-state index < -0.39 is 31.7 Å². The fourth-order valence-electron chi connectivity index (χ4n) is 13.8. The van der Waals surface area contributed by atoms with Crippen molar-refractivity contribution in [3.63, 3.8) is 0 Å². The molecule has 0 aliphatic rings. The number of unbranched alkanes of at least 4 members (excludes halogenated alkanes) is 1. The van der Waals surface area contributed by atoms with Crippen molar-refractivity contribution in [3.8, 4) is 35.1 Å². The molecule has 2 aromatic heterocycles. The van der Waals surface area contributed by atoms with E-state index >= 15 is 0 Å². The molecule has 0 saturated carbocycles. The SMILES string of the molecule is [Au+].[Au+].[Au+].[Au+].[C-]#Cc1ccc2c3ccc(C#[C-])cc3n(-c3ccccc3)c2c1.[C-]#Cc1ccc2c3ccc(C#[C-])cc3n(-c3ccccc3)c2c1.c1ccc([PH+](CCCC[PH+](c2ccccc2)c2ccccc2)c2ccccc2)cc1.c1ccc([PH+](CC[PH+](c2ccccc2)c2ccccc2)c2ccccc2)cc1. The van der Waals surface area contributed by atoms with Crippen LogP contribution >= 0.6 is 31.7 Å². The molecule has 0 aliphatic carbocycles. The molecule has 2 heterocycles. The van der Waals surface area contributed by atoms with Crippen molar-refractivity contribution < 1.29 is 89.5 Å². The Morgan fingerprint density at radius 1 is 0.204 bits per heavy atom. The summed E-state index contributed by atoms with van der Waals surface area (Å²) in [5, 5.41) is 16.7. The van der Waals surface area contributed by atoms with E-state index in [1.165, 1.54) is 79.9 Å². The zero-order valence-corrected chi connectivity index (χ0v) is 71.8. The monoisotopic (exact) mass is 2190 g/mol. The van der Waals surface area contributed by atoms with Gasteiger partial charge in [-0.2, -0.15) is 0 Å². The Morgan fingerprint density at radius 2 is 0.370 bits per heavy atom. The van der Waals surface area contributed by atoms with Crippen molar-refractivity contribution >= 4 is 118 Å². The van der Waals surface area contributed by atoms with Crippen LogP contribution in [-0.4, -0.2) is 33.8 Å². The molecule has 0 amide bonds. The van der Waals surface area contributed by atoms with Gasteiger partial charge in [-0.1, -0.05) is 206 Å². The molecule has 0 bridgehead atoms. The molecule has 0 aliphatic heterocycles. The van der Waals surface area contributed by atoms with Crippen LogP contribution in [0.5, 0.6) is 0 Å². The van der Waals surface area contributed by atoms with Gasteiger partial charge in [0.2, 0.25) is 0 Å². The summed E-state index contributed by atoms with van der Waals surface area (Å²) in [5.41, 5.74) is 9.22. The van der Waals surface area contributed by atoms with E-state index in [1.54, 1.807) is 0 Å². The van der Waals surface area contributed by atoms with Gasteiger partial charge >= 0.3 is 89.5 Å². The molecule has 0 unspecified atom stereocenters. The number of para-hydroxylation sites is 2. The van der Waals surface area contributed by atoms with Crippen LogP contribution in [0.1, 0.15) is 35.1 Å². The first-order valence-electron chi connectivity index (χ1n) is 35.3. The summed E-state index contributed by atoms with van der Waals surface area (Å²) >= 11 is 0. The molecular weight excluding hydrogens is 2120 g/mol. The number of hydrogen-bond acceptors (Lipinski definition) is 0. The van der Waals surface area contributed by atoms with Gasteiger partial charge in [0.05, 0.1) is 86.4 Å². The molecule has 0 radical (unpaired) electrons. The molecule has 16 aromatic rings. The van der Waals surface area contributed by atoms with E-state index in [0.717, 1.165) is 77.2 Å². The minimum absolute atomic E-state index is 0. The normalized spacial score (nSPS) is 10.4. The minimum Gasteiger partial charge on any atom is -0.366 e.